The predicted molar refractivity (Wildman–Crippen MR) is 71.2 cm³/mol. The van der Waals surface area contributed by atoms with E-state index in [1.807, 2.05) is 12.1 Å². The highest BCUT2D eigenvalue weighted by atomic mass is 35.5. The molecule has 2 aromatic carbocycles. The first-order valence-corrected chi connectivity index (χ1v) is 6.14. The zero-order valence-corrected chi connectivity index (χ0v) is 10.5. The van der Waals surface area contributed by atoms with E-state index in [0.717, 1.165) is 10.6 Å². The minimum Gasteiger partial charge on any atom is -0.398 e. The van der Waals surface area contributed by atoms with Crippen LogP contribution < -0.4 is 5.73 Å². The average molecular weight is 250 g/mol. The van der Waals surface area contributed by atoms with Crippen molar-refractivity contribution in [1.82, 2.24) is 0 Å². The van der Waals surface area contributed by atoms with Crippen molar-refractivity contribution in [2.45, 2.75) is 16.7 Å². The van der Waals surface area contributed by atoms with Gasteiger partial charge in [0.05, 0.1) is 0 Å². The molecule has 2 aromatic rings. The van der Waals surface area contributed by atoms with Gasteiger partial charge >= 0.3 is 0 Å². The summed E-state index contributed by atoms with van der Waals surface area (Å²) in [6.07, 6.45) is 0. The van der Waals surface area contributed by atoms with Crippen LogP contribution in [0.2, 0.25) is 5.02 Å². The third-order valence-corrected chi connectivity index (χ3v) is 3.56. The molecule has 1 nitrogen and oxygen atoms in total. The monoisotopic (exact) mass is 249 g/mol. The number of nitrogen functional groups attached to an aromatic ring is 1. The fraction of sp³-hybridized carbons (Fsp3) is 0.0769. The van der Waals surface area contributed by atoms with Crippen LogP contribution in [0.4, 0.5) is 5.69 Å². The molecule has 0 aliphatic heterocycles. The molecule has 0 bridgehead atoms. The number of benzene rings is 2. The molecular weight excluding hydrogens is 238 g/mol. The molecule has 0 spiro atoms. The normalized spacial score (nSPS) is 10.4. The van der Waals surface area contributed by atoms with Gasteiger partial charge in [-0.1, -0.05) is 41.1 Å². The predicted octanol–water partition coefficient (Wildman–Crippen LogP) is 4.38. The molecular formula is C13H12ClNS. The lowest BCUT2D eigenvalue weighted by Crippen LogP contribution is -1.87. The highest BCUT2D eigenvalue weighted by Gasteiger charge is 2.02. The summed E-state index contributed by atoms with van der Waals surface area (Å²) in [4.78, 5) is 2.22. The van der Waals surface area contributed by atoms with Crippen molar-refractivity contribution in [3.05, 3.63) is 53.1 Å². The number of nitrogens with two attached hydrogens (primary N) is 1. The fourth-order valence-corrected chi connectivity index (χ4v) is 2.37. The van der Waals surface area contributed by atoms with Gasteiger partial charge in [-0.15, -0.1) is 0 Å². The second-order valence-corrected chi connectivity index (χ2v) is 5.15. The standard InChI is InChI=1S/C13H12ClNS/c1-9-2-5-11(6-3-9)16-13-7-4-10(14)8-12(13)15/h2-8H,15H2,1H3. The van der Waals surface area contributed by atoms with Crippen molar-refractivity contribution in [2.24, 2.45) is 0 Å². The third kappa shape index (κ3) is 2.71. The Bertz CT molecular complexity index is 494. The van der Waals surface area contributed by atoms with Crippen LogP contribution in [-0.4, -0.2) is 0 Å². The van der Waals surface area contributed by atoms with E-state index in [0.29, 0.717) is 5.02 Å². The van der Waals surface area contributed by atoms with Crippen molar-refractivity contribution in [2.75, 3.05) is 5.73 Å². The number of rotatable bonds is 2. The van der Waals surface area contributed by atoms with Crippen LogP contribution >= 0.6 is 23.4 Å². The fourth-order valence-electron chi connectivity index (χ4n) is 1.35. The first-order chi connectivity index (χ1) is 7.65. The van der Waals surface area contributed by atoms with Gasteiger partial charge in [-0.2, -0.15) is 0 Å². The Labute approximate surface area is 105 Å². The lowest BCUT2D eigenvalue weighted by atomic mass is 10.2. The molecule has 0 heterocycles. The van der Waals surface area contributed by atoms with E-state index in [1.165, 1.54) is 10.5 Å². The number of halogens is 1. The van der Waals surface area contributed by atoms with Crippen molar-refractivity contribution < 1.29 is 0 Å². The van der Waals surface area contributed by atoms with Gasteiger partial charge in [0, 0.05) is 20.5 Å². The van der Waals surface area contributed by atoms with E-state index >= 15 is 0 Å². The molecule has 3 heteroatoms. The molecule has 2 rings (SSSR count). The smallest absolute Gasteiger partial charge is 0.0470 e. The first kappa shape index (κ1) is 11.4. The second-order valence-electron chi connectivity index (χ2n) is 3.60. The van der Waals surface area contributed by atoms with Crippen LogP contribution in [-0.2, 0) is 0 Å². The Morgan fingerprint density at radius 2 is 1.75 bits per heavy atom. The first-order valence-electron chi connectivity index (χ1n) is 4.95. The molecule has 0 fully saturated rings. The Morgan fingerprint density at radius 1 is 1.06 bits per heavy atom. The molecule has 0 aliphatic carbocycles. The van der Waals surface area contributed by atoms with E-state index in [1.54, 1.807) is 17.8 Å². The van der Waals surface area contributed by atoms with Crippen LogP contribution in [0.15, 0.2) is 52.3 Å². The van der Waals surface area contributed by atoms with E-state index in [2.05, 4.69) is 31.2 Å². The summed E-state index contributed by atoms with van der Waals surface area (Å²) in [5, 5.41) is 0.672. The van der Waals surface area contributed by atoms with Gasteiger partial charge in [0.25, 0.3) is 0 Å². The SMILES string of the molecule is Cc1ccc(Sc2ccc(Cl)cc2N)cc1. The lowest BCUT2D eigenvalue weighted by Gasteiger charge is -2.05. The van der Waals surface area contributed by atoms with E-state index in [-0.39, 0.29) is 0 Å². The largest absolute Gasteiger partial charge is 0.398 e. The minimum atomic E-state index is 0.672. The maximum atomic E-state index is 5.89. The molecule has 0 aliphatic rings. The quantitative estimate of drug-likeness (QED) is 0.800. The molecule has 16 heavy (non-hydrogen) atoms. The number of hydrogen-bond donors (Lipinski definition) is 1. The number of hydrogen-bond acceptors (Lipinski definition) is 2. The van der Waals surface area contributed by atoms with Crippen molar-refractivity contribution in [3.63, 3.8) is 0 Å². The Kier molecular flexibility index (Phi) is 3.42. The van der Waals surface area contributed by atoms with E-state index in [9.17, 15) is 0 Å². The highest BCUT2D eigenvalue weighted by Crippen LogP contribution is 2.33. The summed E-state index contributed by atoms with van der Waals surface area (Å²) < 4.78 is 0. The van der Waals surface area contributed by atoms with Crippen LogP contribution in [0.5, 0.6) is 0 Å². The van der Waals surface area contributed by atoms with Crippen LogP contribution in [0, 0.1) is 6.92 Å². The summed E-state index contributed by atoms with van der Waals surface area (Å²) in [6, 6.07) is 13.9. The van der Waals surface area contributed by atoms with Crippen LogP contribution in [0.25, 0.3) is 0 Å². The van der Waals surface area contributed by atoms with E-state index in [4.69, 9.17) is 17.3 Å². The Hall–Kier alpha value is -1.12. The number of anilines is 1. The summed E-state index contributed by atoms with van der Waals surface area (Å²) in [6.45, 7) is 2.07. The van der Waals surface area contributed by atoms with Gasteiger partial charge in [0.15, 0.2) is 0 Å². The lowest BCUT2D eigenvalue weighted by molar-refractivity contribution is 1.36. The van der Waals surface area contributed by atoms with Gasteiger partial charge in [-0.05, 0) is 37.3 Å². The van der Waals surface area contributed by atoms with Crippen molar-refractivity contribution >= 4 is 29.1 Å². The highest BCUT2D eigenvalue weighted by molar-refractivity contribution is 7.99. The summed E-state index contributed by atoms with van der Waals surface area (Å²) in [5.74, 6) is 0. The van der Waals surface area contributed by atoms with Gasteiger partial charge in [0.2, 0.25) is 0 Å². The molecule has 0 saturated carbocycles. The van der Waals surface area contributed by atoms with Crippen molar-refractivity contribution in [1.29, 1.82) is 0 Å². The van der Waals surface area contributed by atoms with Gasteiger partial charge < -0.3 is 5.73 Å². The van der Waals surface area contributed by atoms with Crippen molar-refractivity contribution in [3.8, 4) is 0 Å². The molecule has 0 aromatic heterocycles. The van der Waals surface area contributed by atoms with Gasteiger partial charge in [-0.25, -0.2) is 0 Å². The van der Waals surface area contributed by atoms with Gasteiger partial charge in [0.1, 0.15) is 0 Å². The summed E-state index contributed by atoms with van der Waals surface area (Å²) in [5.41, 5.74) is 7.87. The van der Waals surface area contributed by atoms with Crippen LogP contribution in [0.1, 0.15) is 5.56 Å². The maximum Gasteiger partial charge on any atom is 0.0470 e. The maximum absolute atomic E-state index is 5.89. The molecule has 0 saturated heterocycles. The Balaban J connectivity index is 2.23. The zero-order chi connectivity index (χ0) is 11.5. The molecule has 82 valence electrons. The second kappa shape index (κ2) is 4.81. The molecule has 0 radical (unpaired) electrons. The van der Waals surface area contributed by atoms with Crippen LogP contribution in [0.3, 0.4) is 0 Å². The Morgan fingerprint density at radius 3 is 2.38 bits per heavy atom. The minimum absolute atomic E-state index is 0.672. The summed E-state index contributed by atoms with van der Waals surface area (Å²) >= 11 is 7.50. The molecule has 0 atom stereocenters. The third-order valence-electron chi connectivity index (χ3n) is 2.22. The van der Waals surface area contributed by atoms with Gasteiger partial charge in [-0.3, -0.25) is 0 Å². The summed E-state index contributed by atoms with van der Waals surface area (Å²) in [7, 11) is 0. The zero-order valence-electron chi connectivity index (χ0n) is 8.91. The molecule has 0 unspecified atom stereocenters. The average Bonchev–Trinajstić information content (AvgIpc) is 2.25. The molecule has 0 amide bonds. The molecule has 2 N–H and O–H groups in total. The van der Waals surface area contributed by atoms with E-state index < -0.39 is 0 Å². The number of aryl methyl sites for hydroxylation is 1. The topological polar surface area (TPSA) is 26.0 Å².